The van der Waals surface area contributed by atoms with Gasteiger partial charge in [0.15, 0.2) is 0 Å². The van der Waals surface area contributed by atoms with E-state index < -0.39 is 0 Å². The summed E-state index contributed by atoms with van der Waals surface area (Å²) < 4.78 is 0.887. The Labute approximate surface area is 126 Å². The molecule has 3 heteroatoms. The first kappa shape index (κ1) is 14.1. The molecule has 0 N–H and O–H groups in total. The number of benzene rings is 1. The summed E-state index contributed by atoms with van der Waals surface area (Å²) in [4.78, 5) is 1.55. The second-order valence-corrected chi connectivity index (χ2v) is 7.66. The summed E-state index contributed by atoms with van der Waals surface area (Å²) in [6.45, 7) is 6.56. The normalized spacial score (nSPS) is 13.6. The number of alkyl halides is 1. The van der Waals surface area contributed by atoms with Crippen LogP contribution >= 0.6 is 38.9 Å². The van der Waals surface area contributed by atoms with Gasteiger partial charge in [0.05, 0.1) is 9.16 Å². The number of aryl methyl sites for hydroxylation is 1. The average molecular weight is 344 g/mol. The summed E-state index contributed by atoms with van der Waals surface area (Å²) in [5.41, 5.74) is 2.51. The van der Waals surface area contributed by atoms with Crippen molar-refractivity contribution in [2.24, 2.45) is 0 Å². The molecule has 0 saturated carbocycles. The molecule has 0 nitrogen and oxygen atoms in total. The van der Waals surface area contributed by atoms with Crippen LogP contribution in [0.3, 0.4) is 0 Å². The van der Waals surface area contributed by atoms with E-state index in [4.69, 9.17) is 11.6 Å². The fourth-order valence-corrected chi connectivity index (χ4v) is 4.04. The number of hydrogen-bond donors (Lipinski definition) is 0. The number of thiophene rings is 1. The van der Waals surface area contributed by atoms with Crippen LogP contribution in [0.4, 0.5) is 0 Å². The van der Waals surface area contributed by atoms with E-state index in [-0.39, 0.29) is 10.2 Å². The van der Waals surface area contributed by atoms with Gasteiger partial charge in [0, 0.05) is 10.3 Å². The second-order valence-electron chi connectivity index (χ2n) is 5.06. The first-order valence-electron chi connectivity index (χ1n) is 5.88. The quantitative estimate of drug-likeness (QED) is 0.589. The van der Waals surface area contributed by atoms with E-state index in [2.05, 4.69) is 73.1 Å². The molecule has 0 amide bonds. The summed E-state index contributed by atoms with van der Waals surface area (Å²) in [5.74, 6) is 0. The molecular weight excluding hydrogens is 328 g/mol. The lowest BCUT2D eigenvalue weighted by Gasteiger charge is -2.30. The van der Waals surface area contributed by atoms with Gasteiger partial charge >= 0.3 is 0 Å². The van der Waals surface area contributed by atoms with Crippen LogP contribution in [-0.2, 0) is 5.41 Å². The summed E-state index contributed by atoms with van der Waals surface area (Å²) in [6.07, 6.45) is 0. The third kappa shape index (κ3) is 2.66. The van der Waals surface area contributed by atoms with Crippen molar-refractivity contribution in [2.45, 2.75) is 31.0 Å². The lowest BCUT2D eigenvalue weighted by Crippen LogP contribution is -2.22. The highest BCUT2D eigenvalue weighted by Crippen LogP contribution is 2.46. The maximum Gasteiger partial charge on any atom is 0.0960 e. The molecule has 1 atom stereocenters. The molecule has 0 radical (unpaired) electrons. The van der Waals surface area contributed by atoms with Gasteiger partial charge in [-0.15, -0.1) is 11.3 Å². The monoisotopic (exact) mass is 342 g/mol. The van der Waals surface area contributed by atoms with Crippen LogP contribution in [0.5, 0.6) is 0 Å². The van der Waals surface area contributed by atoms with Crippen LogP contribution < -0.4 is 0 Å². The Balaban J connectivity index is 2.35. The van der Waals surface area contributed by atoms with E-state index in [0.717, 1.165) is 9.90 Å². The highest BCUT2D eigenvalue weighted by molar-refractivity contribution is 9.09. The Morgan fingerprint density at radius 3 is 2.33 bits per heavy atom. The van der Waals surface area contributed by atoms with E-state index in [1.807, 2.05) is 0 Å². The Hall–Kier alpha value is -0.310. The highest BCUT2D eigenvalue weighted by Gasteiger charge is 2.31. The average Bonchev–Trinajstić information content (AvgIpc) is 2.69. The zero-order valence-electron chi connectivity index (χ0n) is 10.7. The molecule has 0 saturated heterocycles. The van der Waals surface area contributed by atoms with Gasteiger partial charge in [-0.2, -0.15) is 0 Å². The van der Waals surface area contributed by atoms with Gasteiger partial charge in [0.1, 0.15) is 0 Å². The van der Waals surface area contributed by atoms with Gasteiger partial charge in [-0.05, 0) is 24.1 Å². The van der Waals surface area contributed by atoms with Crippen molar-refractivity contribution in [1.29, 1.82) is 0 Å². The van der Waals surface area contributed by atoms with E-state index in [1.165, 1.54) is 10.4 Å². The molecular formula is C15H16BrClS. The van der Waals surface area contributed by atoms with E-state index in [9.17, 15) is 0 Å². The minimum atomic E-state index is 0.0296. The van der Waals surface area contributed by atoms with E-state index >= 15 is 0 Å². The summed E-state index contributed by atoms with van der Waals surface area (Å²) in [5, 5.41) is 0. The van der Waals surface area contributed by atoms with Crippen LogP contribution in [0.15, 0.2) is 36.4 Å². The van der Waals surface area contributed by atoms with Gasteiger partial charge in [0.2, 0.25) is 0 Å². The molecule has 1 aromatic heterocycles. The molecule has 0 aliphatic rings. The molecule has 0 aliphatic heterocycles. The third-order valence-corrected chi connectivity index (χ3v) is 6.84. The lowest BCUT2D eigenvalue weighted by molar-refractivity contribution is 0.522. The number of hydrogen-bond acceptors (Lipinski definition) is 1. The molecule has 1 heterocycles. The summed E-state index contributed by atoms with van der Waals surface area (Å²) in [7, 11) is 0. The Kier molecular flexibility index (Phi) is 4.20. The Morgan fingerprint density at radius 2 is 1.83 bits per heavy atom. The Bertz CT molecular complexity index is 511. The second kappa shape index (κ2) is 5.36. The minimum Gasteiger partial charge on any atom is -0.127 e. The fraction of sp³-hybridized carbons (Fsp3) is 0.333. The summed E-state index contributed by atoms with van der Waals surface area (Å²) >= 11 is 11.7. The van der Waals surface area contributed by atoms with E-state index in [0.29, 0.717) is 0 Å². The van der Waals surface area contributed by atoms with Crippen LogP contribution in [-0.4, -0.2) is 0 Å². The number of halogens is 2. The van der Waals surface area contributed by atoms with Crippen molar-refractivity contribution in [2.75, 3.05) is 0 Å². The maximum atomic E-state index is 6.17. The van der Waals surface area contributed by atoms with Crippen molar-refractivity contribution in [3.63, 3.8) is 0 Å². The molecule has 1 unspecified atom stereocenters. The first-order valence-corrected chi connectivity index (χ1v) is 7.99. The molecule has 96 valence electrons. The molecule has 0 fully saturated rings. The van der Waals surface area contributed by atoms with Crippen molar-refractivity contribution < 1.29 is 0 Å². The largest absolute Gasteiger partial charge is 0.127 e. The summed E-state index contributed by atoms with van der Waals surface area (Å²) in [6, 6.07) is 12.8. The molecule has 0 aliphatic carbocycles. The first-order chi connectivity index (χ1) is 8.43. The topological polar surface area (TPSA) is 0 Å². The van der Waals surface area contributed by atoms with Crippen LogP contribution in [0.1, 0.15) is 34.7 Å². The minimum absolute atomic E-state index is 0.0296. The molecule has 2 aromatic rings. The zero-order valence-corrected chi connectivity index (χ0v) is 13.9. The number of rotatable bonds is 3. The Morgan fingerprint density at radius 1 is 1.22 bits per heavy atom. The van der Waals surface area contributed by atoms with Gasteiger partial charge in [-0.25, -0.2) is 0 Å². The highest BCUT2D eigenvalue weighted by atomic mass is 79.9. The predicted molar refractivity (Wildman–Crippen MR) is 85.2 cm³/mol. The van der Waals surface area contributed by atoms with Crippen molar-refractivity contribution in [3.05, 3.63) is 56.7 Å². The lowest BCUT2D eigenvalue weighted by atomic mass is 9.81. The third-order valence-electron chi connectivity index (χ3n) is 3.28. The molecule has 18 heavy (non-hydrogen) atoms. The van der Waals surface area contributed by atoms with Crippen LogP contribution in [0, 0.1) is 6.92 Å². The van der Waals surface area contributed by atoms with Crippen molar-refractivity contribution in [3.8, 4) is 0 Å². The van der Waals surface area contributed by atoms with Gasteiger partial charge in [0.25, 0.3) is 0 Å². The van der Waals surface area contributed by atoms with Crippen LogP contribution in [0.2, 0.25) is 4.34 Å². The molecule has 0 spiro atoms. The van der Waals surface area contributed by atoms with Gasteiger partial charge in [-0.3, -0.25) is 0 Å². The molecule has 0 bridgehead atoms. The smallest absolute Gasteiger partial charge is 0.0960 e. The van der Waals surface area contributed by atoms with Gasteiger partial charge < -0.3 is 0 Å². The van der Waals surface area contributed by atoms with Crippen molar-refractivity contribution >= 4 is 38.9 Å². The molecule has 2 rings (SSSR count). The standard InChI is InChI=1S/C15H16BrClS/c1-10-9-12(18-14(10)17)13(16)15(2,3)11-7-5-4-6-8-11/h4-9,13H,1-3H3. The van der Waals surface area contributed by atoms with Crippen molar-refractivity contribution in [1.82, 2.24) is 0 Å². The predicted octanol–water partition coefficient (Wildman–Crippen LogP) is 6.12. The van der Waals surface area contributed by atoms with Gasteiger partial charge in [-0.1, -0.05) is 71.7 Å². The van der Waals surface area contributed by atoms with E-state index in [1.54, 1.807) is 11.3 Å². The van der Waals surface area contributed by atoms with Crippen LogP contribution in [0.25, 0.3) is 0 Å². The maximum absolute atomic E-state index is 6.17. The fourth-order valence-electron chi connectivity index (χ4n) is 1.98. The molecule has 1 aromatic carbocycles. The zero-order chi connectivity index (χ0) is 13.3. The SMILES string of the molecule is Cc1cc(C(Br)C(C)(C)c2ccccc2)sc1Cl.